The molecule has 41 atom stereocenters. The monoisotopic (exact) mass is 1510 g/mol. The molecule has 3 amide bonds. The van der Waals surface area contributed by atoms with E-state index in [1.807, 2.05) is 0 Å². The van der Waals surface area contributed by atoms with Crippen molar-refractivity contribution in [3.63, 3.8) is 0 Å². The summed E-state index contributed by atoms with van der Waals surface area (Å²) in [6.45, 7) is -3.71. The maximum absolute atomic E-state index is 13.3. The summed E-state index contributed by atoms with van der Waals surface area (Å²) in [7, 11) is 0. The van der Waals surface area contributed by atoms with E-state index in [2.05, 4.69) is 16.0 Å². The summed E-state index contributed by atoms with van der Waals surface area (Å²) in [6.07, 6.45) is -77.5. The van der Waals surface area contributed by atoms with Crippen molar-refractivity contribution in [3.05, 3.63) is 0 Å². The minimum atomic E-state index is -3.04. The first kappa shape index (κ1) is 85.0. The second-order valence-electron chi connectivity index (χ2n) is 26.1. The number of rotatable bonds is 27. The van der Waals surface area contributed by atoms with Gasteiger partial charge in [0.15, 0.2) is 44.0 Å². The van der Waals surface area contributed by atoms with E-state index in [9.17, 15) is 142 Å². The minimum absolute atomic E-state index is 0.819. The van der Waals surface area contributed by atoms with Gasteiger partial charge in [-0.15, -0.1) is 0 Å². The third kappa shape index (κ3) is 18.6. The average Bonchev–Trinajstić information content (AvgIpc) is 0.770. The molecule has 0 bridgehead atoms. The van der Waals surface area contributed by atoms with E-state index < -0.39 is 327 Å². The molecule has 0 aromatic rings. The number of carboxylic acids is 1. The van der Waals surface area contributed by atoms with Gasteiger partial charge in [-0.05, 0) is 6.92 Å². The molecule has 0 aromatic carbocycles. The average molecular weight is 1510 g/mol. The third-order valence-corrected chi connectivity index (χ3v) is 18.8. The van der Waals surface area contributed by atoms with Gasteiger partial charge in [0.25, 0.3) is 5.79 Å². The largest absolute Gasteiger partial charge is 0.477 e. The Morgan fingerprint density at radius 3 is 1.39 bits per heavy atom. The zero-order valence-corrected chi connectivity index (χ0v) is 55.2. The first-order valence-electron chi connectivity index (χ1n) is 32.6. The number of carbonyl (C=O) groups is 4. The van der Waals surface area contributed by atoms with Gasteiger partial charge >= 0.3 is 5.97 Å². The summed E-state index contributed by atoms with van der Waals surface area (Å²) in [6, 6.07) is -5.52. The van der Waals surface area contributed by atoms with Crippen LogP contribution in [0, 0.1) is 0 Å². The van der Waals surface area contributed by atoms with E-state index in [0.717, 1.165) is 20.8 Å². The lowest BCUT2D eigenvalue weighted by atomic mass is 9.88. The van der Waals surface area contributed by atoms with E-state index in [0.29, 0.717) is 0 Å². The summed E-state index contributed by atoms with van der Waals surface area (Å²) >= 11 is 0. The molecule has 103 heavy (non-hydrogen) atoms. The predicted molar refractivity (Wildman–Crippen MR) is 315 cm³/mol. The van der Waals surface area contributed by atoms with Gasteiger partial charge in [-0.2, -0.15) is 0 Å². The lowest BCUT2D eigenvalue weighted by Crippen LogP contribution is -2.71. The fraction of sp³-hybridized carbons (Fsp3) is 0.930. The number of aliphatic carboxylic acids is 1. The second kappa shape index (κ2) is 36.3. The van der Waals surface area contributed by atoms with Crippen molar-refractivity contribution < 1.29 is 213 Å². The molecule has 8 aliphatic rings. The van der Waals surface area contributed by atoms with Gasteiger partial charge in [-0.25, -0.2) is 4.79 Å². The number of carbonyl (C=O) groups excluding carboxylic acids is 3. The topological polar surface area (TPSA) is 728 Å². The molecule has 0 saturated carbocycles. The Morgan fingerprint density at radius 2 is 0.845 bits per heavy atom. The molecule has 8 heterocycles. The van der Waals surface area contributed by atoms with Gasteiger partial charge in [0.05, 0.1) is 64.5 Å². The number of nitrogens with one attached hydrogen (secondary N) is 3. The zero-order valence-electron chi connectivity index (χ0n) is 55.2. The molecule has 8 aliphatic heterocycles. The lowest BCUT2D eigenvalue weighted by molar-refractivity contribution is -0.393. The van der Waals surface area contributed by atoms with Crippen LogP contribution >= 0.6 is 0 Å². The maximum atomic E-state index is 13.3. The van der Waals surface area contributed by atoms with Crippen LogP contribution in [0.3, 0.4) is 0 Å². The Kier molecular flexibility index (Phi) is 29.9. The van der Waals surface area contributed by atoms with Crippen LogP contribution in [0.15, 0.2) is 0 Å². The van der Waals surface area contributed by atoms with Gasteiger partial charge in [0, 0.05) is 27.2 Å². The number of hydrogen-bond donors (Lipinski definition) is 27. The SMILES string of the molecule is CC(=O)N[C@H]1[C@H](OC[C@H]2O[C@@H](O[C@H]3[C@H](O)[C@@H](O)C(O)O[C@@H]3CO)[C@H](O)[C@@H](O[C@@H]3O[C@H](CO)[C@@H](O[C@@H]4O[C@H](CO)[C@H](O)[C@H](O)[C@H]4O)[C@H](O[C@@H]4O[C@@H](C)[C@@H](O)[C@@H](O)[C@@H]4O)[C@H]3NC(C)=O)[C@H]2O)O[C@H](CO)[C@@H](O[C@@H]2O[C@H](CO[C@]3(C(=O)O)C[C@H](O)[C@@H](NC(C)=O)[C@H]([C@H](O)[C@H](O)CO)O3)[C@H](O)[C@H](O)[C@H]2O)[C@@H]1O. The highest BCUT2D eigenvalue weighted by Gasteiger charge is 2.61. The van der Waals surface area contributed by atoms with Crippen LogP contribution in [0.5, 0.6) is 0 Å². The normalized spacial score (nSPS) is 48.3. The molecule has 0 aliphatic carbocycles. The van der Waals surface area contributed by atoms with Crippen molar-refractivity contribution >= 4 is 23.7 Å². The minimum Gasteiger partial charge on any atom is -0.477 e. The van der Waals surface area contributed by atoms with Gasteiger partial charge < -0.3 is 210 Å². The van der Waals surface area contributed by atoms with Gasteiger partial charge in [-0.3, -0.25) is 14.4 Å². The molecular formula is C57H95N3O43. The summed E-state index contributed by atoms with van der Waals surface area (Å²) in [4.78, 5) is 51.2. The molecule has 1 unspecified atom stereocenters. The maximum Gasteiger partial charge on any atom is 0.364 e. The van der Waals surface area contributed by atoms with Gasteiger partial charge in [0.2, 0.25) is 17.7 Å². The van der Waals surface area contributed by atoms with E-state index >= 15 is 0 Å². The van der Waals surface area contributed by atoms with Crippen LogP contribution in [0.2, 0.25) is 0 Å². The molecule has 8 rings (SSSR count). The molecular weight excluding hydrogens is 1410 g/mol. The quantitative estimate of drug-likeness (QED) is 0.0363. The lowest BCUT2D eigenvalue weighted by Gasteiger charge is -2.52. The highest BCUT2D eigenvalue weighted by atomic mass is 16.8. The Morgan fingerprint density at radius 1 is 0.417 bits per heavy atom. The van der Waals surface area contributed by atoms with E-state index in [4.69, 9.17) is 71.1 Å². The molecule has 0 spiro atoms. The number of ether oxygens (including phenoxy) is 15. The second-order valence-corrected chi connectivity index (χ2v) is 26.1. The molecule has 46 nitrogen and oxygen atoms in total. The van der Waals surface area contributed by atoms with E-state index in [1.165, 1.54) is 6.92 Å². The van der Waals surface area contributed by atoms with Crippen molar-refractivity contribution in [2.45, 2.75) is 285 Å². The van der Waals surface area contributed by atoms with Crippen molar-refractivity contribution in [1.82, 2.24) is 16.0 Å². The highest BCUT2D eigenvalue weighted by Crippen LogP contribution is 2.40. The smallest absolute Gasteiger partial charge is 0.364 e. The van der Waals surface area contributed by atoms with Gasteiger partial charge in [-0.1, -0.05) is 0 Å². The fourth-order valence-corrected chi connectivity index (χ4v) is 13.1. The summed E-state index contributed by atoms with van der Waals surface area (Å²) in [5.74, 6) is -7.80. The number of carboxylic acid groups (broad SMARTS) is 1. The number of aliphatic hydroxyl groups is 23. The molecule has 27 N–H and O–H groups in total. The summed E-state index contributed by atoms with van der Waals surface area (Å²) in [5.41, 5.74) is 0. The van der Waals surface area contributed by atoms with Gasteiger partial charge in [0.1, 0.15) is 183 Å². The Bertz CT molecular complexity index is 2720. The molecule has 8 fully saturated rings. The Hall–Kier alpha value is -3.64. The standard InChI is InChI=1S/C57H95N3O43/c1-13-28(71)34(77)39(82)52(91-13)101-47-27(60-16(4)68)51(95-22(10-65)45(47)100-53-40(83)35(78)30(73)19(7-62)93-53)102-48-32(75)23(96-55(42(48)85)99-44-20(8-63)92-49(86)38(81)37(44)80)11-89-50-26(59-15(3)67)33(76)43(21(9-64)94-50)98-54-41(84)36(79)31(74)24(97-54)12-90-57(56(87)88)5-17(69)25(58-14(2)66)46(103-57)29(72)18(70)6-61/h13,17-55,61-65,69-86H,5-12H2,1-4H3,(H,58,66)(H,59,67)(H,60,68)(H,87,88)/t13-,17-,18+,19+,20+,21+,22+,23+,24+,25+,26+,27+,28+,29+,30-,31-,32-,33+,34+,35-,36-,37+,38+,39-,40+,41+,42+,43+,44+,45+,46+,47+,48-,49?,50+,51-,52-,53-,54-,55-,57+/m0/s1. The molecule has 0 radical (unpaired) electrons. The third-order valence-electron chi connectivity index (χ3n) is 18.8. The molecule has 596 valence electrons. The molecule has 8 saturated heterocycles. The number of aliphatic hydroxyl groups excluding tert-OH is 23. The summed E-state index contributed by atoms with van der Waals surface area (Å²) < 4.78 is 87.9. The number of hydrogen-bond acceptors (Lipinski definition) is 42. The highest BCUT2D eigenvalue weighted by molar-refractivity contribution is 5.77. The van der Waals surface area contributed by atoms with E-state index in [-0.39, 0.29) is 0 Å². The zero-order chi connectivity index (χ0) is 76.3. The number of amides is 3. The summed E-state index contributed by atoms with van der Waals surface area (Å²) in [5, 5.41) is 269. The van der Waals surface area contributed by atoms with Crippen LogP contribution in [0.25, 0.3) is 0 Å². The van der Waals surface area contributed by atoms with Crippen LogP contribution < -0.4 is 16.0 Å². The van der Waals surface area contributed by atoms with E-state index in [1.54, 1.807) is 0 Å². The van der Waals surface area contributed by atoms with Crippen molar-refractivity contribution in [2.24, 2.45) is 0 Å². The fourth-order valence-electron chi connectivity index (χ4n) is 13.1. The Balaban J connectivity index is 1.07. The first-order chi connectivity index (χ1) is 48.5. The van der Waals surface area contributed by atoms with Crippen LogP contribution in [-0.4, -0.2) is 444 Å². The van der Waals surface area contributed by atoms with Crippen LogP contribution in [-0.2, 0) is 90.2 Å². The molecule has 0 aromatic heterocycles. The first-order valence-corrected chi connectivity index (χ1v) is 32.6. The van der Waals surface area contributed by atoms with Crippen LogP contribution in [0.1, 0.15) is 34.1 Å². The van der Waals surface area contributed by atoms with Crippen molar-refractivity contribution in [2.75, 3.05) is 46.2 Å². The van der Waals surface area contributed by atoms with Crippen molar-refractivity contribution in [3.8, 4) is 0 Å². The molecule has 46 heteroatoms. The van der Waals surface area contributed by atoms with Crippen molar-refractivity contribution in [1.29, 1.82) is 0 Å². The van der Waals surface area contributed by atoms with Crippen LogP contribution in [0.4, 0.5) is 0 Å². The predicted octanol–water partition coefficient (Wildman–Crippen LogP) is -17.8. The Labute approximate surface area is 582 Å².